The first-order valence-corrected chi connectivity index (χ1v) is 8.86. The van der Waals surface area contributed by atoms with Crippen LogP contribution in [0.1, 0.15) is 12.1 Å². The maximum Gasteiger partial charge on any atom is 0.111 e. The van der Waals surface area contributed by atoms with Crippen LogP contribution in [0.5, 0.6) is 0 Å². The van der Waals surface area contributed by atoms with Crippen LogP contribution in [0.3, 0.4) is 0 Å². The zero-order valence-electron chi connectivity index (χ0n) is 12.9. The van der Waals surface area contributed by atoms with E-state index in [1.807, 2.05) is 6.26 Å². The van der Waals surface area contributed by atoms with Crippen LogP contribution in [0.4, 0.5) is 0 Å². The lowest BCUT2D eigenvalue weighted by molar-refractivity contribution is -0.190. The van der Waals surface area contributed by atoms with Crippen molar-refractivity contribution in [1.82, 2.24) is 20.3 Å². The molecule has 1 fully saturated rings. The highest BCUT2D eigenvalue weighted by atomic mass is 32.2. The highest BCUT2D eigenvalue weighted by Crippen LogP contribution is 2.21. The Morgan fingerprint density at radius 1 is 1.09 bits per heavy atom. The number of rotatable bonds is 7. The van der Waals surface area contributed by atoms with E-state index >= 15 is 0 Å². The monoisotopic (exact) mass is 348 g/mol. The zero-order valence-corrected chi connectivity index (χ0v) is 13.7. The number of nitrogens with one attached hydrogen (secondary N) is 1. The van der Waals surface area contributed by atoms with Crippen molar-refractivity contribution in [3.05, 3.63) is 11.9 Å². The number of thioether (sulfide) groups is 1. The summed E-state index contributed by atoms with van der Waals surface area (Å²) in [4.78, 5) is 0. The summed E-state index contributed by atoms with van der Waals surface area (Å²) in [7, 11) is 0. The molecule has 6 atom stereocenters. The van der Waals surface area contributed by atoms with Gasteiger partial charge in [0.2, 0.25) is 0 Å². The molecule has 0 spiro atoms. The highest BCUT2D eigenvalue weighted by Gasteiger charge is 2.47. The molecule has 2 unspecified atom stereocenters. The Hall–Kier alpha value is -0.750. The number of nitrogens with zero attached hydrogens (tertiary/aromatic N) is 3. The molecule has 1 aromatic heterocycles. The van der Waals surface area contributed by atoms with Crippen molar-refractivity contribution < 1.29 is 25.5 Å². The molecular weight excluding hydrogens is 324 g/mol. The van der Waals surface area contributed by atoms with Gasteiger partial charge in [-0.25, -0.2) is 0 Å². The van der Waals surface area contributed by atoms with Crippen LogP contribution in [0.15, 0.2) is 6.20 Å². The summed E-state index contributed by atoms with van der Waals surface area (Å²) in [5, 5.41) is 59.6. The van der Waals surface area contributed by atoms with E-state index in [0.717, 1.165) is 18.7 Å². The number of hydrogen-bond donors (Lipinski definition) is 6. The first kappa shape index (κ1) is 18.6. The fourth-order valence-electron chi connectivity index (χ4n) is 2.60. The number of aromatic nitrogens is 3. The minimum atomic E-state index is -1.59. The molecule has 1 heterocycles. The van der Waals surface area contributed by atoms with E-state index in [2.05, 4.69) is 15.6 Å². The van der Waals surface area contributed by atoms with Gasteiger partial charge in [0.1, 0.15) is 30.5 Å². The maximum absolute atomic E-state index is 9.94. The molecule has 1 aliphatic carbocycles. The topological polar surface area (TPSA) is 144 Å². The van der Waals surface area contributed by atoms with Crippen LogP contribution in [0.25, 0.3) is 0 Å². The summed E-state index contributed by atoms with van der Waals surface area (Å²) in [6, 6.07) is -0.981. The van der Waals surface area contributed by atoms with Crippen molar-refractivity contribution in [3.8, 4) is 0 Å². The maximum atomic E-state index is 9.94. The summed E-state index contributed by atoms with van der Waals surface area (Å²) in [5.41, 5.74) is 0.614. The van der Waals surface area contributed by atoms with Gasteiger partial charge >= 0.3 is 0 Å². The summed E-state index contributed by atoms with van der Waals surface area (Å²) < 4.78 is 1.72. The van der Waals surface area contributed by atoms with E-state index in [1.165, 1.54) is 0 Å². The van der Waals surface area contributed by atoms with Gasteiger partial charge in [0.25, 0.3) is 0 Å². The largest absolute Gasteiger partial charge is 0.389 e. The average Bonchev–Trinajstić information content (AvgIpc) is 2.99. The normalized spacial score (nSPS) is 34.7. The molecule has 1 aliphatic rings. The van der Waals surface area contributed by atoms with Gasteiger partial charge in [-0.3, -0.25) is 4.68 Å². The smallest absolute Gasteiger partial charge is 0.111 e. The van der Waals surface area contributed by atoms with Crippen molar-refractivity contribution in [3.63, 3.8) is 0 Å². The minimum Gasteiger partial charge on any atom is -0.389 e. The molecule has 10 heteroatoms. The predicted molar refractivity (Wildman–Crippen MR) is 83.7 cm³/mol. The molecule has 23 heavy (non-hydrogen) atoms. The Morgan fingerprint density at radius 2 is 1.70 bits per heavy atom. The molecule has 132 valence electrons. The van der Waals surface area contributed by atoms with E-state index in [-0.39, 0.29) is 6.54 Å². The lowest BCUT2D eigenvalue weighted by atomic mass is 9.83. The third-order valence-corrected chi connectivity index (χ3v) is 4.67. The van der Waals surface area contributed by atoms with Gasteiger partial charge in [0.05, 0.1) is 11.7 Å². The van der Waals surface area contributed by atoms with Gasteiger partial charge in [-0.05, 0) is 18.4 Å². The fraction of sp³-hybridized carbons (Fsp3) is 0.846. The van der Waals surface area contributed by atoms with E-state index < -0.39 is 36.6 Å². The zero-order chi connectivity index (χ0) is 17.0. The SMILES string of the molecule is CSCCCn1cc(CNC2[C@@H](O)[C@H](O)C(O)[C@H](O)[C@H]2O)nn1. The Kier molecular flexibility index (Phi) is 6.77. The molecule has 2 rings (SSSR count). The molecular formula is C13H24N4O5S. The number of hydrogen-bond acceptors (Lipinski definition) is 9. The first-order chi connectivity index (χ1) is 11.0. The Morgan fingerprint density at radius 3 is 2.30 bits per heavy atom. The third kappa shape index (κ3) is 4.41. The molecule has 6 N–H and O–H groups in total. The Labute approximate surface area is 138 Å². The van der Waals surface area contributed by atoms with Crippen molar-refractivity contribution in [1.29, 1.82) is 0 Å². The average molecular weight is 348 g/mol. The molecule has 0 aromatic carbocycles. The van der Waals surface area contributed by atoms with Crippen LogP contribution >= 0.6 is 11.8 Å². The third-order valence-electron chi connectivity index (χ3n) is 3.98. The standard InChI is InChI=1S/C13H24N4O5S/c1-23-4-2-3-17-6-7(15-16-17)5-14-8-9(18)11(20)13(22)12(21)10(8)19/h6,8-14,18-22H,2-5H2,1H3/t8?,9-,10+,11+,12-,13?. The van der Waals surface area contributed by atoms with Crippen LogP contribution in [0.2, 0.25) is 0 Å². The second kappa shape index (κ2) is 8.38. The number of aliphatic hydroxyl groups excluding tert-OH is 5. The van der Waals surface area contributed by atoms with Gasteiger partial charge in [0, 0.05) is 19.3 Å². The van der Waals surface area contributed by atoms with E-state index in [0.29, 0.717) is 5.69 Å². The molecule has 0 aliphatic heterocycles. The van der Waals surface area contributed by atoms with Gasteiger partial charge < -0.3 is 30.8 Å². The summed E-state index contributed by atoms with van der Waals surface area (Å²) >= 11 is 1.76. The van der Waals surface area contributed by atoms with Gasteiger partial charge in [0.15, 0.2) is 0 Å². The van der Waals surface area contributed by atoms with Crippen molar-refractivity contribution in [2.45, 2.75) is 56.1 Å². The quantitative estimate of drug-likeness (QED) is 0.290. The van der Waals surface area contributed by atoms with Crippen molar-refractivity contribution in [2.75, 3.05) is 12.0 Å². The summed E-state index contributed by atoms with van der Waals surface area (Å²) in [6.45, 7) is 0.961. The van der Waals surface area contributed by atoms with Crippen LogP contribution < -0.4 is 5.32 Å². The lowest BCUT2D eigenvalue weighted by Gasteiger charge is -2.42. The second-order valence-corrected chi connectivity index (χ2v) is 6.66. The fourth-order valence-corrected chi connectivity index (χ4v) is 3.01. The summed E-state index contributed by atoms with van der Waals surface area (Å²) in [6.07, 6.45) is -2.68. The second-order valence-electron chi connectivity index (χ2n) is 5.68. The number of aliphatic hydroxyl groups is 5. The lowest BCUT2D eigenvalue weighted by Crippen LogP contribution is -2.67. The van der Waals surface area contributed by atoms with Crippen LogP contribution in [-0.2, 0) is 13.1 Å². The Balaban J connectivity index is 1.89. The molecule has 0 bridgehead atoms. The van der Waals surface area contributed by atoms with Crippen LogP contribution in [0, 0.1) is 0 Å². The van der Waals surface area contributed by atoms with Crippen LogP contribution in [-0.4, -0.2) is 89.1 Å². The van der Waals surface area contributed by atoms with Crippen molar-refractivity contribution in [2.24, 2.45) is 0 Å². The molecule has 1 aromatic rings. The molecule has 1 saturated carbocycles. The first-order valence-electron chi connectivity index (χ1n) is 7.47. The highest BCUT2D eigenvalue weighted by molar-refractivity contribution is 7.98. The van der Waals surface area contributed by atoms with E-state index in [1.54, 1.807) is 22.6 Å². The van der Waals surface area contributed by atoms with Gasteiger partial charge in [-0.2, -0.15) is 11.8 Å². The Bertz CT molecular complexity index is 475. The van der Waals surface area contributed by atoms with Gasteiger partial charge in [-0.1, -0.05) is 5.21 Å². The van der Waals surface area contributed by atoms with E-state index in [9.17, 15) is 25.5 Å². The predicted octanol–water partition coefficient (Wildman–Crippen LogP) is -2.69. The van der Waals surface area contributed by atoms with Crippen molar-refractivity contribution >= 4 is 11.8 Å². The number of aryl methyl sites for hydroxylation is 1. The minimum absolute atomic E-state index is 0.205. The summed E-state index contributed by atoms with van der Waals surface area (Å²) in [5.74, 6) is 1.03. The molecule has 0 radical (unpaired) electrons. The molecule has 0 saturated heterocycles. The van der Waals surface area contributed by atoms with E-state index in [4.69, 9.17) is 0 Å². The van der Waals surface area contributed by atoms with Gasteiger partial charge in [-0.15, -0.1) is 5.10 Å². The molecule has 9 nitrogen and oxygen atoms in total. The molecule has 0 amide bonds.